The lowest BCUT2D eigenvalue weighted by Crippen LogP contribution is -1.99. The van der Waals surface area contributed by atoms with Crippen LogP contribution in [0.4, 0.5) is 0 Å². The number of allylic oxidation sites excluding steroid dienone is 1. The third-order valence-corrected chi connectivity index (χ3v) is 3.17. The Kier molecular flexibility index (Phi) is 3.43. The smallest absolute Gasteiger partial charge is 0.117 e. The Labute approximate surface area is 113 Å². The van der Waals surface area contributed by atoms with Crippen molar-refractivity contribution < 1.29 is 0 Å². The van der Waals surface area contributed by atoms with E-state index < -0.39 is 0 Å². The first-order valence-corrected chi connectivity index (χ1v) is 6.16. The van der Waals surface area contributed by atoms with Gasteiger partial charge in [-0.3, -0.25) is 0 Å². The van der Waals surface area contributed by atoms with E-state index in [1.54, 1.807) is 6.08 Å². The van der Waals surface area contributed by atoms with E-state index in [0.29, 0.717) is 0 Å². The molecule has 0 fully saturated rings. The molecule has 0 aliphatic carbocycles. The van der Waals surface area contributed by atoms with Crippen molar-refractivity contribution in [1.29, 1.82) is 5.26 Å². The second-order valence-electron chi connectivity index (χ2n) is 4.71. The molecule has 0 aliphatic heterocycles. The predicted molar refractivity (Wildman–Crippen MR) is 77.8 cm³/mol. The van der Waals surface area contributed by atoms with Gasteiger partial charge in [-0.15, -0.1) is 0 Å². The van der Waals surface area contributed by atoms with E-state index in [1.165, 1.54) is 5.56 Å². The van der Waals surface area contributed by atoms with Crippen molar-refractivity contribution >= 4 is 6.08 Å². The number of aryl methyl sites for hydroxylation is 2. The monoisotopic (exact) mass is 251 g/mol. The number of hydrogen-bond donors (Lipinski definition) is 1. The molecule has 0 aliphatic rings. The van der Waals surface area contributed by atoms with Crippen molar-refractivity contribution in [3.05, 3.63) is 58.5 Å². The standard InChI is InChI=1S/C16H17N3/c1-11-5-4-6-16(7-11)19-12(2)8-14(13(19)3)9-15(18)10-17/h4-9H,18H2,1-3H3/b15-9+. The number of nitrogens with two attached hydrogens (primary N) is 1. The third kappa shape index (κ3) is 2.53. The van der Waals surface area contributed by atoms with E-state index in [1.807, 2.05) is 25.1 Å². The van der Waals surface area contributed by atoms with Crippen molar-refractivity contribution in [3.63, 3.8) is 0 Å². The Morgan fingerprint density at radius 3 is 2.63 bits per heavy atom. The molecule has 0 bridgehead atoms. The predicted octanol–water partition coefficient (Wildman–Crippen LogP) is 3.23. The maximum absolute atomic E-state index is 8.77. The van der Waals surface area contributed by atoms with Crippen LogP contribution in [-0.2, 0) is 0 Å². The largest absolute Gasteiger partial charge is 0.390 e. The summed E-state index contributed by atoms with van der Waals surface area (Å²) in [5.74, 6) is 0. The highest BCUT2D eigenvalue weighted by Gasteiger charge is 2.09. The maximum Gasteiger partial charge on any atom is 0.117 e. The molecular formula is C16H17N3. The van der Waals surface area contributed by atoms with Crippen molar-refractivity contribution in [3.8, 4) is 11.8 Å². The van der Waals surface area contributed by atoms with Crippen molar-refractivity contribution in [2.75, 3.05) is 0 Å². The van der Waals surface area contributed by atoms with Crippen LogP contribution in [0.1, 0.15) is 22.5 Å². The highest BCUT2D eigenvalue weighted by molar-refractivity contribution is 5.60. The van der Waals surface area contributed by atoms with Crippen molar-refractivity contribution in [2.45, 2.75) is 20.8 Å². The Hall–Kier alpha value is -2.47. The Bertz CT molecular complexity index is 685. The van der Waals surface area contributed by atoms with Crippen LogP contribution in [0, 0.1) is 32.1 Å². The highest BCUT2D eigenvalue weighted by atomic mass is 15.0. The molecule has 3 heteroatoms. The van der Waals surface area contributed by atoms with Gasteiger partial charge in [-0.05, 0) is 56.2 Å². The maximum atomic E-state index is 8.77. The molecular weight excluding hydrogens is 234 g/mol. The summed E-state index contributed by atoms with van der Waals surface area (Å²) in [5.41, 5.74) is 11.4. The average molecular weight is 251 g/mol. The molecule has 0 saturated carbocycles. The summed E-state index contributed by atoms with van der Waals surface area (Å²) in [4.78, 5) is 0. The minimum absolute atomic E-state index is 0.226. The van der Waals surface area contributed by atoms with E-state index in [0.717, 1.165) is 22.6 Å². The summed E-state index contributed by atoms with van der Waals surface area (Å²) in [5, 5.41) is 8.77. The van der Waals surface area contributed by atoms with Gasteiger partial charge in [0.25, 0.3) is 0 Å². The first-order chi connectivity index (χ1) is 9.02. The van der Waals surface area contributed by atoms with E-state index >= 15 is 0 Å². The van der Waals surface area contributed by atoms with Crippen LogP contribution in [0.25, 0.3) is 11.8 Å². The molecule has 0 radical (unpaired) electrons. The minimum atomic E-state index is 0.226. The Morgan fingerprint density at radius 2 is 2.00 bits per heavy atom. The highest BCUT2D eigenvalue weighted by Crippen LogP contribution is 2.22. The lowest BCUT2D eigenvalue weighted by Gasteiger charge is -2.10. The van der Waals surface area contributed by atoms with Gasteiger partial charge in [0, 0.05) is 17.1 Å². The summed E-state index contributed by atoms with van der Waals surface area (Å²) < 4.78 is 2.17. The van der Waals surface area contributed by atoms with Crippen LogP contribution in [-0.4, -0.2) is 4.57 Å². The van der Waals surface area contributed by atoms with Gasteiger partial charge < -0.3 is 10.3 Å². The number of hydrogen-bond acceptors (Lipinski definition) is 2. The fourth-order valence-electron chi connectivity index (χ4n) is 2.30. The zero-order valence-electron chi connectivity index (χ0n) is 11.4. The van der Waals surface area contributed by atoms with Crippen LogP contribution >= 0.6 is 0 Å². The number of rotatable bonds is 2. The van der Waals surface area contributed by atoms with Gasteiger partial charge in [0.1, 0.15) is 11.8 Å². The number of aromatic nitrogens is 1. The molecule has 0 saturated heterocycles. The minimum Gasteiger partial charge on any atom is -0.390 e. The summed E-state index contributed by atoms with van der Waals surface area (Å²) in [6.45, 7) is 6.16. The molecule has 19 heavy (non-hydrogen) atoms. The summed E-state index contributed by atoms with van der Waals surface area (Å²) in [6, 6.07) is 12.3. The lowest BCUT2D eigenvalue weighted by atomic mass is 10.2. The molecule has 0 spiro atoms. The van der Waals surface area contributed by atoms with E-state index in [4.69, 9.17) is 11.0 Å². The SMILES string of the molecule is Cc1cccc(-n2c(C)cc(/C=C(/N)C#N)c2C)c1. The topological polar surface area (TPSA) is 54.7 Å². The zero-order chi connectivity index (χ0) is 14.0. The van der Waals surface area contributed by atoms with E-state index in [2.05, 4.69) is 36.6 Å². The van der Waals surface area contributed by atoms with Crippen LogP contribution in [0.3, 0.4) is 0 Å². The lowest BCUT2D eigenvalue weighted by molar-refractivity contribution is 0.962. The van der Waals surface area contributed by atoms with Gasteiger partial charge in [0.15, 0.2) is 0 Å². The summed E-state index contributed by atoms with van der Waals surface area (Å²) in [6.07, 6.45) is 1.72. The molecule has 0 atom stereocenters. The first kappa shape index (κ1) is 13.0. The molecule has 1 aromatic heterocycles. The fraction of sp³-hybridized carbons (Fsp3) is 0.188. The molecule has 0 amide bonds. The first-order valence-electron chi connectivity index (χ1n) is 6.16. The normalized spacial score (nSPS) is 11.4. The molecule has 2 rings (SSSR count). The molecule has 2 aromatic rings. The molecule has 0 unspecified atom stereocenters. The van der Waals surface area contributed by atoms with Crippen molar-refractivity contribution in [1.82, 2.24) is 4.57 Å². The Balaban J connectivity index is 2.58. The van der Waals surface area contributed by atoms with Crippen LogP contribution < -0.4 is 5.73 Å². The molecule has 1 heterocycles. The third-order valence-electron chi connectivity index (χ3n) is 3.17. The van der Waals surface area contributed by atoms with Crippen molar-refractivity contribution in [2.24, 2.45) is 5.73 Å². The zero-order valence-corrected chi connectivity index (χ0v) is 11.4. The fourth-order valence-corrected chi connectivity index (χ4v) is 2.30. The summed E-state index contributed by atoms with van der Waals surface area (Å²) in [7, 11) is 0. The molecule has 1 aromatic carbocycles. The van der Waals surface area contributed by atoms with E-state index in [-0.39, 0.29) is 5.70 Å². The molecule has 3 nitrogen and oxygen atoms in total. The van der Waals surface area contributed by atoms with E-state index in [9.17, 15) is 0 Å². The quantitative estimate of drug-likeness (QED) is 0.833. The van der Waals surface area contributed by atoms with Gasteiger partial charge in [0.05, 0.1) is 0 Å². The number of nitrogens with zero attached hydrogens (tertiary/aromatic N) is 2. The van der Waals surface area contributed by atoms with Crippen LogP contribution in [0.5, 0.6) is 0 Å². The van der Waals surface area contributed by atoms with Gasteiger partial charge in [0.2, 0.25) is 0 Å². The second-order valence-corrected chi connectivity index (χ2v) is 4.71. The Morgan fingerprint density at radius 1 is 1.26 bits per heavy atom. The average Bonchev–Trinajstić information content (AvgIpc) is 2.64. The van der Waals surface area contributed by atoms with Gasteiger partial charge >= 0.3 is 0 Å². The molecule has 2 N–H and O–H groups in total. The van der Waals surface area contributed by atoms with Crippen LogP contribution in [0.2, 0.25) is 0 Å². The molecule has 96 valence electrons. The summed E-state index contributed by atoms with van der Waals surface area (Å²) >= 11 is 0. The van der Waals surface area contributed by atoms with Gasteiger partial charge in [-0.1, -0.05) is 12.1 Å². The number of benzene rings is 1. The van der Waals surface area contributed by atoms with Crippen LogP contribution in [0.15, 0.2) is 36.0 Å². The van der Waals surface area contributed by atoms with Gasteiger partial charge in [-0.25, -0.2) is 0 Å². The second kappa shape index (κ2) is 5.03. The number of nitriles is 1. The van der Waals surface area contributed by atoms with Gasteiger partial charge in [-0.2, -0.15) is 5.26 Å².